The number of carbonyl (C=O) groups excluding carboxylic acids is 1. The van der Waals surface area contributed by atoms with Gasteiger partial charge in [0.15, 0.2) is 0 Å². The van der Waals surface area contributed by atoms with Gasteiger partial charge in [-0.25, -0.2) is 13.8 Å². The number of ether oxygens (including phenoxy) is 1. The largest absolute Gasteiger partial charge is 0.465 e. The third kappa shape index (κ3) is 2.81. The number of benzene rings is 1. The van der Waals surface area contributed by atoms with Crippen molar-refractivity contribution in [1.82, 2.24) is 4.98 Å². The van der Waals surface area contributed by atoms with Crippen LogP contribution in [-0.4, -0.2) is 22.3 Å². The Hall–Kier alpha value is -1.92. The van der Waals surface area contributed by atoms with E-state index in [4.69, 9.17) is 16.4 Å². The van der Waals surface area contributed by atoms with Crippen molar-refractivity contribution in [2.75, 3.05) is 7.11 Å². The summed E-state index contributed by atoms with van der Waals surface area (Å²) in [5, 5.41) is 0.314. The molecule has 0 saturated carbocycles. The average molecular weight is 311 g/mol. The lowest BCUT2D eigenvalue weighted by atomic mass is 10.2. The van der Waals surface area contributed by atoms with Crippen LogP contribution in [0.5, 0.6) is 0 Å². The van der Waals surface area contributed by atoms with Crippen LogP contribution in [0.2, 0.25) is 5.02 Å². The first-order valence-corrected chi connectivity index (χ1v) is 7.46. The molecule has 0 aliphatic heterocycles. The zero-order chi connectivity index (χ0) is 14.8. The molecule has 1 unspecified atom stereocenters. The van der Waals surface area contributed by atoms with Crippen LogP contribution in [0.1, 0.15) is 10.4 Å². The Morgan fingerprint density at radius 1 is 1.25 bits per heavy atom. The van der Waals surface area contributed by atoms with Crippen molar-refractivity contribution in [3.05, 3.63) is 53.3 Å². The normalized spacial score (nSPS) is 13.5. The van der Waals surface area contributed by atoms with Gasteiger partial charge < -0.3 is 4.74 Å². The fourth-order valence-corrected chi connectivity index (χ4v) is 3.12. The summed E-state index contributed by atoms with van der Waals surface area (Å²) in [7, 11) is -1.93. The van der Waals surface area contributed by atoms with Crippen molar-refractivity contribution in [2.45, 2.75) is 9.79 Å². The smallest absolute Gasteiger partial charge is 0.337 e. The molecule has 1 atom stereocenters. The van der Waals surface area contributed by atoms with E-state index in [-0.39, 0.29) is 9.79 Å². The Labute approximate surface area is 121 Å². The highest BCUT2D eigenvalue weighted by molar-refractivity contribution is 7.92. The van der Waals surface area contributed by atoms with E-state index in [0.29, 0.717) is 10.6 Å². The molecule has 1 aromatic heterocycles. The zero-order valence-corrected chi connectivity index (χ0v) is 12.1. The molecule has 104 valence electrons. The first-order chi connectivity index (χ1) is 9.45. The predicted molar refractivity (Wildman–Crippen MR) is 74.4 cm³/mol. The van der Waals surface area contributed by atoms with Gasteiger partial charge in [-0.3, -0.25) is 4.98 Å². The maximum atomic E-state index is 12.5. The van der Waals surface area contributed by atoms with Gasteiger partial charge in [-0.2, -0.15) is 0 Å². The molecule has 20 heavy (non-hydrogen) atoms. The summed E-state index contributed by atoms with van der Waals surface area (Å²) in [4.78, 5) is 15.6. The van der Waals surface area contributed by atoms with Crippen LogP contribution >= 0.6 is 11.6 Å². The number of aromatic nitrogens is 1. The first-order valence-electron chi connectivity index (χ1n) is 5.53. The van der Waals surface area contributed by atoms with Gasteiger partial charge in [0.1, 0.15) is 9.73 Å². The number of hydrogen-bond acceptors (Lipinski definition) is 5. The van der Waals surface area contributed by atoms with Crippen LogP contribution in [0, 0.1) is 4.78 Å². The first kappa shape index (κ1) is 14.5. The number of rotatable bonds is 3. The van der Waals surface area contributed by atoms with Gasteiger partial charge in [-0.05, 0) is 30.3 Å². The zero-order valence-electron chi connectivity index (χ0n) is 10.5. The Kier molecular flexibility index (Phi) is 4.06. The summed E-state index contributed by atoms with van der Waals surface area (Å²) in [6, 6.07) is 7.30. The summed E-state index contributed by atoms with van der Waals surface area (Å²) in [5.41, 5.74) is 0.329. The van der Waals surface area contributed by atoms with E-state index in [9.17, 15) is 9.00 Å². The van der Waals surface area contributed by atoms with Crippen molar-refractivity contribution in [1.29, 1.82) is 4.78 Å². The molecule has 0 aliphatic carbocycles. The summed E-state index contributed by atoms with van der Waals surface area (Å²) < 4.78 is 25.2. The van der Waals surface area contributed by atoms with Crippen molar-refractivity contribution in [3.8, 4) is 0 Å². The van der Waals surface area contributed by atoms with Gasteiger partial charge in [0, 0.05) is 12.4 Å². The lowest BCUT2D eigenvalue weighted by Gasteiger charge is -2.08. The SMILES string of the molecule is COC(=O)c1ccc(S(=N)(=O)c2cncc(Cl)c2)cc1. The lowest BCUT2D eigenvalue weighted by Crippen LogP contribution is -2.04. The van der Waals surface area contributed by atoms with Gasteiger partial charge in [-0.15, -0.1) is 0 Å². The monoisotopic (exact) mass is 310 g/mol. The molecule has 0 spiro atoms. The van der Waals surface area contributed by atoms with Gasteiger partial charge in [0.25, 0.3) is 0 Å². The van der Waals surface area contributed by atoms with Gasteiger partial charge in [-0.1, -0.05) is 11.6 Å². The van der Waals surface area contributed by atoms with Crippen molar-refractivity contribution < 1.29 is 13.7 Å². The van der Waals surface area contributed by atoms with Crippen molar-refractivity contribution in [2.24, 2.45) is 0 Å². The number of pyridine rings is 1. The molecule has 5 nitrogen and oxygen atoms in total. The highest BCUT2D eigenvalue weighted by Gasteiger charge is 2.15. The molecule has 1 heterocycles. The third-order valence-electron chi connectivity index (χ3n) is 2.62. The van der Waals surface area contributed by atoms with Crippen molar-refractivity contribution >= 4 is 27.3 Å². The van der Waals surface area contributed by atoms with Crippen LogP contribution in [-0.2, 0) is 14.5 Å². The second-order valence-corrected chi connectivity index (χ2v) is 6.40. The molecule has 0 amide bonds. The number of hydrogen-bond donors (Lipinski definition) is 1. The fraction of sp³-hybridized carbons (Fsp3) is 0.0769. The van der Waals surface area contributed by atoms with E-state index < -0.39 is 15.7 Å². The standard InChI is InChI=1S/C13H11ClN2O3S/c1-19-13(17)9-2-4-11(5-3-9)20(15,18)12-6-10(14)7-16-8-12/h2-8,15H,1H3. The minimum atomic E-state index is -3.21. The maximum Gasteiger partial charge on any atom is 0.337 e. The van der Waals surface area contributed by atoms with E-state index in [1.807, 2.05) is 0 Å². The minimum absolute atomic E-state index is 0.218. The summed E-state index contributed by atoms with van der Waals surface area (Å²) >= 11 is 5.79. The molecule has 0 saturated heterocycles. The molecule has 1 N–H and O–H groups in total. The molecular formula is C13H11ClN2O3S. The molecule has 2 rings (SSSR count). The molecule has 2 aromatic rings. The number of halogens is 1. The van der Waals surface area contributed by atoms with Crippen LogP contribution in [0.25, 0.3) is 0 Å². The Balaban J connectivity index is 2.42. The second-order valence-electron chi connectivity index (χ2n) is 3.91. The molecule has 0 bridgehead atoms. The number of carbonyl (C=O) groups is 1. The number of methoxy groups -OCH3 is 1. The lowest BCUT2D eigenvalue weighted by molar-refractivity contribution is 0.0600. The number of nitrogens with one attached hydrogen (secondary N) is 1. The van der Waals surface area contributed by atoms with Gasteiger partial charge in [0.2, 0.25) is 0 Å². The van der Waals surface area contributed by atoms with Crippen molar-refractivity contribution in [3.63, 3.8) is 0 Å². The predicted octanol–water partition coefficient (Wildman–Crippen LogP) is 2.99. The Morgan fingerprint density at radius 2 is 1.90 bits per heavy atom. The molecular weight excluding hydrogens is 300 g/mol. The van der Waals surface area contributed by atoms with Crippen LogP contribution in [0.15, 0.2) is 52.5 Å². The van der Waals surface area contributed by atoms with Gasteiger partial charge >= 0.3 is 5.97 Å². The van der Waals surface area contributed by atoms with E-state index >= 15 is 0 Å². The third-order valence-corrected chi connectivity index (χ3v) is 4.65. The summed E-state index contributed by atoms with van der Waals surface area (Å²) in [5.74, 6) is -0.488. The van der Waals surface area contributed by atoms with E-state index in [0.717, 1.165) is 0 Å². The topological polar surface area (TPSA) is 80.1 Å². The Morgan fingerprint density at radius 3 is 2.45 bits per heavy atom. The Bertz CT molecular complexity index is 742. The van der Waals surface area contributed by atoms with E-state index in [1.54, 1.807) is 0 Å². The van der Waals surface area contributed by atoms with Crippen LogP contribution < -0.4 is 0 Å². The van der Waals surface area contributed by atoms with E-state index in [2.05, 4.69) is 9.72 Å². The number of nitrogens with zero attached hydrogens (tertiary/aromatic N) is 1. The molecule has 1 aromatic carbocycles. The molecule has 0 fully saturated rings. The summed E-state index contributed by atoms with van der Waals surface area (Å²) in [6.07, 6.45) is 2.75. The molecule has 7 heteroatoms. The second kappa shape index (κ2) is 5.60. The quantitative estimate of drug-likeness (QED) is 0.884. The average Bonchev–Trinajstić information content (AvgIpc) is 2.46. The highest BCUT2D eigenvalue weighted by atomic mass is 35.5. The fourth-order valence-electron chi connectivity index (χ4n) is 1.59. The summed E-state index contributed by atoms with van der Waals surface area (Å²) in [6.45, 7) is 0. The molecule has 0 aliphatic rings. The molecule has 0 radical (unpaired) electrons. The van der Waals surface area contributed by atoms with Gasteiger partial charge in [0.05, 0.1) is 27.5 Å². The minimum Gasteiger partial charge on any atom is -0.465 e. The maximum absolute atomic E-state index is 12.5. The van der Waals surface area contributed by atoms with Crippen LogP contribution in [0.3, 0.4) is 0 Å². The number of esters is 1. The van der Waals surface area contributed by atoms with Crippen LogP contribution in [0.4, 0.5) is 0 Å². The van der Waals surface area contributed by atoms with E-state index in [1.165, 1.54) is 49.8 Å². The highest BCUT2D eigenvalue weighted by Crippen LogP contribution is 2.23.